The summed E-state index contributed by atoms with van der Waals surface area (Å²) in [6, 6.07) is 12.7. The Morgan fingerprint density at radius 3 is 2.70 bits per heavy atom. The van der Waals surface area contributed by atoms with E-state index in [0.29, 0.717) is 27.5 Å². The van der Waals surface area contributed by atoms with Crippen molar-refractivity contribution < 1.29 is 14.3 Å². The zero-order valence-corrected chi connectivity index (χ0v) is 18.2. The van der Waals surface area contributed by atoms with Crippen LogP contribution in [0.5, 0.6) is 11.5 Å². The van der Waals surface area contributed by atoms with Crippen LogP contribution in [0.15, 0.2) is 42.5 Å². The van der Waals surface area contributed by atoms with Crippen LogP contribution in [0.1, 0.15) is 11.3 Å². The SMILES string of the molecule is COc1ccccc1OCC(=O)Nc1cc(C)nn1-c1nc2c(C)ccc(Cl)c2s1. The van der Waals surface area contributed by atoms with Crippen molar-refractivity contribution >= 4 is 44.9 Å². The molecule has 0 aliphatic heterocycles. The van der Waals surface area contributed by atoms with Crippen LogP contribution in [-0.4, -0.2) is 34.4 Å². The Hall–Kier alpha value is -3.10. The van der Waals surface area contributed by atoms with Crippen LogP contribution in [0, 0.1) is 13.8 Å². The van der Waals surface area contributed by atoms with E-state index >= 15 is 0 Å². The fraction of sp³-hybridized carbons (Fsp3) is 0.190. The van der Waals surface area contributed by atoms with Crippen molar-refractivity contribution in [2.75, 3.05) is 19.0 Å². The number of para-hydroxylation sites is 2. The zero-order chi connectivity index (χ0) is 21.3. The average Bonchev–Trinajstić information content (AvgIpc) is 3.34. The first-order valence-corrected chi connectivity index (χ1v) is 10.3. The minimum Gasteiger partial charge on any atom is -0.493 e. The molecule has 2 aromatic heterocycles. The maximum atomic E-state index is 12.5. The molecule has 0 radical (unpaired) electrons. The molecular weight excluding hydrogens is 424 g/mol. The summed E-state index contributed by atoms with van der Waals surface area (Å²) >= 11 is 7.75. The first-order chi connectivity index (χ1) is 14.5. The highest BCUT2D eigenvalue weighted by Gasteiger charge is 2.17. The number of hydrogen-bond donors (Lipinski definition) is 1. The summed E-state index contributed by atoms with van der Waals surface area (Å²) in [5, 5.41) is 8.58. The molecule has 0 aliphatic carbocycles. The van der Waals surface area contributed by atoms with Crippen molar-refractivity contribution in [2.24, 2.45) is 0 Å². The van der Waals surface area contributed by atoms with Gasteiger partial charge in [0.15, 0.2) is 18.1 Å². The molecule has 0 spiro atoms. The second-order valence-electron chi connectivity index (χ2n) is 6.61. The molecule has 4 rings (SSSR count). The molecule has 0 fully saturated rings. The van der Waals surface area contributed by atoms with Crippen molar-refractivity contribution in [1.82, 2.24) is 14.8 Å². The lowest BCUT2D eigenvalue weighted by atomic mass is 10.2. The third kappa shape index (κ3) is 3.96. The molecular formula is C21H19ClN4O3S. The van der Waals surface area contributed by atoms with Crippen molar-refractivity contribution in [2.45, 2.75) is 13.8 Å². The van der Waals surface area contributed by atoms with E-state index in [0.717, 1.165) is 21.5 Å². The van der Waals surface area contributed by atoms with Gasteiger partial charge in [-0.3, -0.25) is 4.79 Å². The predicted octanol–water partition coefficient (Wildman–Crippen LogP) is 4.78. The maximum absolute atomic E-state index is 12.5. The van der Waals surface area contributed by atoms with Gasteiger partial charge < -0.3 is 14.8 Å². The minimum absolute atomic E-state index is 0.171. The van der Waals surface area contributed by atoms with Gasteiger partial charge in [-0.15, -0.1) is 0 Å². The summed E-state index contributed by atoms with van der Waals surface area (Å²) in [6.45, 7) is 3.66. The number of hydrogen-bond acceptors (Lipinski definition) is 6. The van der Waals surface area contributed by atoms with E-state index in [1.54, 1.807) is 30.0 Å². The standard InChI is InChI=1S/C21H19ClN4O3S/c1-12-8-9-14(22)20-19(12)24-21(30-20)26-17(10-13(2)25-26)23-18(27)11-29-16-7-5-4-6-15(16)28-3/h4-10H,11H2,1-3H3,(H,23,27). The number of aryl methyl sites for hydroxylation is 2. The summed E-state index contributed by atoms with van der Waals surface area (Å²) in [4.78, 5) is 17.2. The third-order valence-electron chi connectivity index (χ3n) is 4.39. The predicted molar refractivity (Wildman–Crippen MR) is 118 cm³/mol. The van der Waals surface area contributed by atoms with Crippen LogP contribution in [0.4, 0.5) is 5.82 Å². The molecule has 0 atom stereocenters. The lowest BCUT2D eigenvalue weighted by Gasteiger charge is -2.10. The lowest BCUT2D eigenvalue weighted by molar-refractivity contribution is -0.118. The Morgan fingerprint density at radius 2 is 1.97 bits per heavy atom. The molecule has 1 N–H and O–H groups in total. The van der Waals surface area contributed by atoms with Gasteiger partial charge in [0.25, 0.3) is 5.91 Å². The number of methoxy groups -OCH3 is 1. The monoisotopic (exact) mass is 442 g/mol. The van der Waals surface area contributed by atoms with Crippen LogP contribution in [-0.2, 0) is 4.79 Å². The molecule has 0 saturated heterocycles. The Kier molecular flexibility index (Phi) is 5.61. The van der Waals surface area contributed by atoms with Crippen molar-refractivity contribution in [3.8, 4) is 16.6 Å². The summed E-state index contributed by atoms with van der Waals surface area (Å²) in [5.74, 6) is 1.25. The van der Waals surface area contributed by atoms with Gasteiger partial charge in [0.1, 0.15) is 5.82 Å². The molecule has 154 valence electrons. The number of amides is 1. The van der Waals surface area contributed by atoms with Gasteiger partial charge in [-0.2, -0.15) is 9.78 Å². The third-order valence-corrected chi connectivity index (χ3v) is 5.89. The Balaban J connectivity index is 1.56. The number of carbonyl (C=O) groups is 1. The van der Waals surface area contributed by atoms with E-state index in [1.165, 1.54) is 11.3 Å². The van der Waals surface area contributed by atoms with Gasteiger partial charge >= 0.3 is 0 Å². The number of thiazole rings is 1. The first kappa shape index (κ1) is 20.2. The Morgan fingerprint density at radius 1 is 1.20 bits per heavy atom. The van der Waals surface area contributed by atoms with Gasteiger partial charge in [-0.1, -0.05) is 41.1 Å². The lowest BCUT2D eigenvalue weighted by Crippen LogP contribution is -2.22. The quantitative estimate of drug-likeness (QED) is 0.465. The van der Waals surface area contributed by atoms with Gasteiger partial charge in [-0.05, 0) is 37.6 Å². The molecule has 0 aliphatic rings. The number of nitrogens with zero attached hydrogens (tertiary/aromatic N) is 3. The summed E-state index contributed by atoms with van der Waals surface area (Å²) in [5.41, 5.74) is 2.60. The van der Waals surface area contributed by atoms with E-state index in [4.69, 9.17) is 21.1 Å². The maximum Gasteiger partial charge on any atom is 0.263 e. The van der Waals surface area contributed by atoms with Crippen LogP contribution < -0.4 is 14.8 Å². The number of aromatic nitrogens is 3. The average molecular weight is 443 g/mol. The molecule has 0 bridgehead atoms. The summed E-state index contributed by atoms with van der Waals surface area (Å²) in [7, 11) is 1.55. The van der Waals surface area contributed by atoms with Crippen LogP contribution in [0.25, 0.3) is 15.3 Å². The van der Waals surface area contributed by atoms with E-state index in [1.807, 2.05) is 38.1 Å². The number of carbonyl (C=O) groups excluding carboxylic acids is 1. The fourth-order valence-corrected chi connectivity index (χ4v) is 4.26. The largest absolute Gasteiger partial charge is 0.493 e. The molecule has 4 aromatic rings. The summed E-state index contributed by atoms with van der Waals surface area (Å²) in [6.07, 6.45) is 0. The van der Waals surface area contributed by atoms with E-state index in [-0.39, 0.29) is 12.5 Å². The van der Waals surface area contributed by atoms with Crippen molar-refractivity contribution in [1.29, 1.82) is 0 Å². The molecule has 7 nitrogen and oxygen atoms in total. The summed E-state index contributed by atoms with van der Waals surface area (Å²) < 4.78 is 13.3. The van der Waals surface area contributed by atoms with Crippen LogP contribution >= 0.6 is 22.9 Å². The number of anilines is 1. The van der Waals surface area contributed by atoms with Crippen LogP contribution in [0.2, 0.25) is 5.02 Å². The van der Waals surface area contributed by atoms with Crippen molar-refractivity contribution in [3.63, 3.8) is 0 Å². The topological polar surface area (TPSA) is 78.3 Å². The van der Waals surface area contributed by atoms with Gasteiger partial charge in [0, 0.05) is 6.07 Å². The number of ether oxygens (including phenoxy) is 2. The Bertz CT molecular complexity index is 1200. The molecule has 0 saturated carbocycles. The smallest absolute Gasteiger partial charge is 0.263 e. The van der Waals surface area contributed by atoms with E-state index in [2.05, 4.69) is 15.4 Å². The second-order valence-corrected chi connectivity index (χ2v) is 7.99. The first-order valence-electron chi connectivity index (χ1n) is 9.14. The second kappa shape index (κ2) is 8.33. The molecule has 9 heteroatoms. The van der Waals surface area contributed by atoms with Gasteiger partial charge in [0.05, 0.1) is 28.0 Å². The Labute approximate surface area is 182 Å². The number of nitrogens with one attached hydrogen (secondary N) is 1. The molecule has 0 unspecified atom stereocenters. The minimum atomic E-state index is -0.322. The zero-order valence-electron chi connectivity index (χ0n) is 16.6. The number of rotatable bonds is 6. The number of fused-ring (bicyclic) bond motifs is 1. The highest BCUT2D eigenvalue weighted by atomic mass is 35.5. The molecule has 2 heterocycles. The number of benzene rings is 2. The number of halogens is 1. The van der Waals surface area contributed by atoms with Gasteiger partial charge in [0.2, 0.25) is 5.13 Å². The van der Waals surface area contributed by atoms with Gasteiger partial charge in [-0.25, -0.2) is 4.98 Å². The molecule has 2 aromatic carbocycles. The highest BCUT2D eigenvalue weighted by Crippen LogP contribution is 2.34. The molecule has 30 heavy (non-hydrogen) atoms. The fourth-order valence-electron chi connectivity index (χ4n) is 2.98. The normalized spacial score (nSPS) is 10.9. The molecule has 1 amide bonds. The van der Waals surface area contributed by atoms with Crippen molar-refractivity contribution in [3.05, 3.63) is 58.7 Å². The van der Waals surface area contributed by atoms with E-state index in [9.17, 15) is 4.79 Å². The van der Waals surface area contributed by atoms with Crippen LogP contribution in [0.3, 0.4) is 0 Å². The van der Waals surface area contributed by atoms with E-state index < -0.39 is 0 Å². The highest BCUT2D eigenvalue weighted by molar-refractivity contribution is 7.21.